The summed E-state index contributed by atoms with van der Waals surface area (Å²) in [6, 6.07) is 0. The van der Waals surface area contributed by atoms with E-state index in [1.807, 2.05) is 0 Å². The monoisotopic (exact) mass is 1030 g/mol. The second kappa shape index (κ2) is 61.8. The van der Waals surface area contributed by atoms with E-state index in [1.165, 1.54) is 51.4 Å². The normalized spacial score (nSPS) is 13.2. The first-order valence-electron chi connectivity index (χ1n) is 30.3. The minimum absolute atomic E-state index is 0.108. The maximum absolute atomic E-state index is 12.9. The third-order valence-electron chi connectivity index (χ3n) is 12.3. The molecule has 0 rings (SSSR count). The molecule has 0 radical (unpaired) electrons. The quantitative estimate of drug-likeness (QED) is 0.0261. The third kappa shape index (κ3) is 60.0. The highest BCUT2D eigenvalue weighted by molar-refractivity contribution is 5.71. The molecule has 422 valence electrons. The van der Waals surface area contributed by atoms with Crippen molar-refractivity contribution in [1.29, 1.82) is 0 Å². The average molecular weight is 1040 g/mol. The van der Waals surface area contributed by atoms with Gasteiger partial charge in [-0.05, 0) is 141 Å². The van der Waals surface area contributed by atoms with Gasteiger partial charge in [-0.3, -0.25) is 14.4 Å². The molecule has 0 spiro atoms. The highest BCUT2D eigenvalue weighted by Gasteiger charge is 2.19. The van der Waals surface area contributed by atoms with Gasteiger partial charge in [-0.25, -0.2) is 0 Å². The number of hydrogen-bond donors (Lipinski definition) is 0. The van der Waals surface area contributed by atoms with Gasteiger partial charge in [0, 0.05) is 19.3 Å². The van der Waals surface area contributed by atoms with Crippen LogP contribution in [0.15, 0.2) is 146 Å². The number of carbonyl (C=O) groups excluding carboxylic acids is 3. The molecule has 0 N–H and O–H groups in total. The van der Waals surface area contributed by atoms with Crippen molar-refractivity contribution in [2.24, 2.45) is 0 Å². The summed E-state index contributed by atoms with van der Waals surface area (Å²) < 4.78 is 16.9. The molecular weight excluding hydrogens is 925 g/mol. The molecular formula is C69H110O6. The van der Waals surface area contributed by atoms with E-state index in [-0.39, 0.29) is 37.5 Å². The number of rotatable bonds is 53. The van der Waals surface area contributed by atoms with Crippen LogP contribution in [0.5, 0.6) is 0 Å². The van der Waals surface area contributed by atoms with Gasteiger partial charge in [0.1, 0.15) is 13.2 Å². The summed E-state index contributed by atoms with van der Waals surface area (Å²) in [7, 11) is 0. The summed E-state index contributed by atoms with van der Waals surface area (Å²) >= 11 is 0. The van der Waals surface area contributed by atoms with Crippen LogP contribution in [0, 0.1) is 0 Å². The van der Waals surface area contributed by atoms with Crippen molar-refractivity contribution in [3.63, 3.8) is 0 Å². The fraction of sp³-hybridized carbons (Fsp3) is 0.609. The molecule has 0 aromatic rings. The molecule has 0 saturated carbocycles. The molecule has 75 heavy (non-hydrogen) atoms. The van der Waals surface area contributed by atoms with Crippen LogP contribution in [-0.4, -0.2) is 37.2 Å². The molecule has 0 aliphatic heterocycles. The topological polar surface area (TPSA) is 78.9 Å². The highest BCUT2D eigenvalue weighted by Crippen LogP contribution is 2.14. The molecule has 0 aromatic heterocycles. The highest BCUT2D eigenvalue weighted by atomic mass is 16.6. The lowest BCUT2D eigenvalue weighted by Gasteiger charge is -2.18. The molecule has 0 aromatic carbocycles. The number of esters is 3. The first-order chi connectivity index (χ1) is 37.0. The van der Waals surface area contributed by atoms with Crippen molar-refractivity contribution in [3.05, 3.63) is 146 Å². The summed E-state index contributed by atoms with van der Waals surface area (Å²) in [5, 5.41) is 0. The summed E-state index contributed by atoms with van der Waals surface area (Å²) in [5.74, 6) is -0.970. The molecule has 0 bridgehead atoms. The van der Waals surface area contributed by atoms with Crippen molar-refractivity contribution < 1.29 is 28.6 Å². The van der Waals surface area contributed by atoms with Crippen molar-refractivity contribution in [2.75, 3.05) is 13.2 Å². The van der Waals surface area contributed by atoms with Crippen LogP contribution in [0.2, 0.25) is 0 Å². The van der Waals surface area contributed by atoms with Crippen LogP contribution in [0.1, 0.15) is 252 Å². The van der Waals surface area contributed by atoms with E-state index in [4.69, 9.17) is 14.2 Å². The molecule has 6 heteroatoms. The Morgan fingerprint density at radius 1 is 0.280 bits per heavy atom. The Hall–Kier alpha value is -4.71. The third-order valence-corrected chi connectivity index (χ3v) is 12.3. The Bertz CT molecular complexity index is 1660. The van der Waals surface area contributed by atoms with E-state index in [1.54, 1.807) is 0 Å². The second-order valence-electron chi connectivity index (χ2n) is 19.5. The maximum atomic E-state index is 12.9. The lowest BCUT2D eigenvalue weighted by molar-refractivity contribution is -0.167. The average Bonchev–Trinajstić information content (AvgIpc) is 3.41. The molecule has 6 nitrogen and oxygen atoms in total. The lowest BCUT2D eigenvalue weighted by atomic mass is 10.1. The van der Waals surface area contributed by atoms with Crippen LogP contribution in [0.3, 0.4) is 0 Å². The number of hydrogen-bond acceptors (Lipinski definition) is 6. The van der Waals surface area contributed by atoms with Gasteiger partial charge in [-0.1, -0.05) is 237 Å². The van der Waals surface area contributed by atoms with Gasteiger partial charge >= 0.3 is 17.9 Å². The van der Waals surface area contributed by atoms with E-state index < -0.39 is 6.10 Å². The molecule has 0 saturated heterocycles. The number of carbonyl (C=O) groups is 3. The second-order valence-corrected chi connectivity index (χ2v) is 19.5. The predicted molar refractivity (Wildman–Crippen MR) is 325 cm³/mol. The Balaban J connectivity index is 4.53. The standard InChI is InChI=1S/C69H110O6/c1-4-7-10-13-16-19-22-25-28-31-33-34-36-38-41-44-47-50-53-56-59-62-68(71)74-65-66(64-73-67(70)61-58-55-52-49-46-43-40-37-30-27-24-21-18-15-12-9-6-3)75-69(72)63-60-57-54-51-48-45-42-39-35-32-29-26-23-20-17-14-11-8-5-2/h7-8,10-11,16-21,25-30,33-35,38-39,41,45,48,66H,4-6,9,12-15,22-24,31-32,36-37,40,42-44,46-47,49-65H2,1-3H3/b10-7-,11-8-,19-16-,20-17-,21-18-,28-25-,29-26-,30-27-,34-33-,39-35-,41-38-,48-45-. The SMILES string of the molecule is CC/C=C\C/C=C\C/C=C\C/C=C\C/C=C\CCCCCCCC(=O)OCC(COC(=O)CCCCCCCCC/C=C\C/C=C\CCCCC)OC(=O)CCCCC/C=C\C/C=C\C/C=C\C/C=C\C/C=C\CC. The first-order valence-corrected chi connectivity index (χ1v) is 30.3. The number of unbranched alkanes of at least 4 members (excludes halogenated alkanes) is 18. The van der Waals surface area contributed by atoms with Crippen LogP contribution >= 0.6 is 0 Å². The molecule has 1 unspecified atom stereocenters. The van der Waals surface area contributed by atoms with E-state index in [9.17, 15) is 14.4 Å². The summed E-state index contributed by atoms with van der Waals surface area (Å²) in [5.41, 5.74) is 0. The Morgan fingerprint density at radius 3 is 0.827 bits per heavy atom. The minimum atomic E-state index is -0.815. The fourth-order valence-electron chi connectivity index (χ4n) is 7.82. The molecule has 0 heterocycles. The van der Waals surface area contributed by atoms with Crippen molar-refractivity contribution in [2.45, 2.75) is 258 Å². The Kier molecular flexibility index (Phi) is 58.0. The van der Waals surface area contributed by atoms with E-state index >= 15 is 0 Å². The first kappa shape index (κ1) is 70.3. The van der Waals surface area contributed by atoms with E-state index in [2.05, 4.69) is 167 Å². The zero-order valence-corrected chi connectivity index (χ0v) is 48.3. The number of ether oxygens (including phenoxy) is 3. The van der Waals surface area contributed by atoms with Crippen LogP contribution in [0.4, 0.5) is 0 Å². The van der Waals surface area contributed by atoms with Gasteiger partial charge < -0.3 is 14.2 Å². The summed E-state index contributed by atoms with van der Waals surface area (Å²) in [4.78, 5) is 38.3. The predicted octanol–water partition coefficient (Wildman–Crippen LogP) is 20.8. The Morgan fingerprint density at radius 2 is 0.520 bits per heavy atom. The van der Waals surface area contributed by atoms with Gasteiger partial charge in [0.2, 0.25) is 0 Å². The maximum Gasteiger partial charge on any atom is 0.306 e. The van der Waals surface area contributed by atoms with Crippen LogP contribution in [-0.2, 0) is 28.6 Å². The van der Waals surface area contributed by atoms with E-state index in [0.717, 1.165) is 154 Å². The molecule has 0 amide bonds. The van der Waals surface area contributed by atoms with Crippen molar-refractivity contribution >= 4 is 17.9 Å². The Labute approximate surface area is 461 Å². The zero-order valence-electron chi connectivity index (χ0n) is 48.3. The number of allylic oxidation sites excluding steroid dienone is 24. The van der Waals surface area contributed by atoms with Gasteiger partial charge in [0.25, 0.3) is 0 Å². The van der Waals surface area contributed by atoms with Crippen molar-refractivity contribution in [1.82, 2.24) is 0 Å². The largest absolute Gasteiger partial charge is 0.462 e. The van der Waals surface area contributed by atoms with E-state index in [0.29, 0.717) is 19.3 Å². The van der Waals surface area contributed by atoms with Crippen molar-refractivity contribution in [3.8, 4) is 0 Å². The molecule has 0 aliphatic carbocycles. The van der Waals surface area contributed by atoms with Crippen LogP contribution < -0.4 is 0 Å². The lowest BCUT2D eigenvalue weighted by Crippen LogP contribution is -2.30. The fourth-order valence-corrected chi connectivity index (χ4v) is 7.82. The van der Waals surface area contributed by atoms with Gasteiger partial charge in [-0.2, -0.15) is 0 Å². The van der Waals surface area contributed by atoms with Crippen LogP contribution in [0.25, 0.3) is 0 Å². The summed E-state index contributed by atoms with van der Waals surface area (Å²) in [6.45, 7) is 6.33. The van der Waals surface area contributed by atoms with Gasteiger partial charge in [0.15, 0.2) is 6.10 Å². The molecule has 0 aliphatic rings. The van der Waals surface area contributed by atoms with Gasteiger partial charge in [0.05, 0.1) is 0 Å². The van der Waals surface area contributed by atoms with Gasteiger partial charge in [-0.15, -0.1) is 0 Å². The smallest absolute Gasteiger partial charge is 0.306 e. The molecule has 1 atom stereocenters. The molecule has 0 fully saturated rings. The minimum Gasteiger partial charge on any atom is -0.462 e. The summed E-state index contributed by atoms with van der Waals surface area (Å²) in [6.07, 6.45) is 88.3. The zero-order chi connectivity index (χ0) is 54.3.